The second kappa shape index (κ2) is 7.41. The molecule has 2 rings (SSSR count). The highest BCUT2D eigenvalue weighted by Crippen LogP contribution is 2.23. The van der Waals surface area contributed by atoms with Gasteiger partial charge in [-0.25, -0.2) is 0 Å². The monoisotopic (exact) mass is 297 g/mol. The molecule has 0 aliphatic rings. The number of carbonyl (C=O) groups excluding carboxylic acids is 1. The molecule has 4 heteroatoms. The minimum absolute atomic E-state index is 0.0407. The van der Waals surface area contributed by atoms with Gasteiger partial charge in [-0.2, -0.15) is 0 Å². The molecule has 0 atom stereocenters. The van der Waals surface area contributed by atoms with Crippen LogP contribution in [-0.2, 0) is 6.42 Å². The second-order valence-corrected chi connectivity index (χ2v) is 4.73. The Morgan fingerprint density at radius 2 is 1.86 bits per heavy atom. The fourth-order valence-electron chi connectivity index (χ4n) is 2.14. The lowest BCUT2D eigenvalue weighted by molar-refractivity contribution is 0.104. The Morgan fingerprint density at radius 1 is 1.18 bits per heavy atom. The number of ketones is 1. The van der Waals surface area contributed by atoms with Crippen molar-refractivity contribution in [2.75, 3.05) is 14.2 Å². The molecule has 0 saturated carbocycles. The number of aromatic nitrogens is 1. The van der Waals surface area contributed by atoms with Gasteiger partial charge in [0.05, 0.1) is 14.2 Å². The molecule has 0 aliphatic heterocycles. The number of methoxy groups -OCH3 is 2. The van der Waals surface area contributed by atoms with Gasteiger partial charge in [0.25, 0.3) is 0 Å². The van der Waals surface area contributed by atoms with E-state index in [0.717, 1.165) is 17.5 Å². The van der Waals surface area contributed by atoms with Crippen LogP contribution in [0.3, 0.4) is 0 Å². The summed E-state index contributed by atoms with van der Waals surface area (Å²) in [6, 6.07) is 7.23. The summed E-state index contributed by atoms with van der Waals surface area (Å²) in [7, 11) is 3.19. The van der Waals surface area contributed by atoms with Crippen molar-refractivity contribution < 1.29 is 14.3 Å². The SMILES string of the molecule is CCc1cnccc1C(=O)/C=C/c1cc(OC)cc(OC)c1. The van der Waals surface area contributed by atoms with Crippen molar-refractivity contribution in [3.63, 3.8) is 0 Å². The van der Waals surface area contributed by atoms with Crippen LogP contribution in [0.2, 0.25) is 0 Å². The molecule has 22 heavy (non-hydrogen) atoms. The first kappa shape index (κ1) is 15.8. The molecular formula is C18H19NO3. The molecule has 0 amide bonds. The van der Waals surface area contributed by atoms with E-state index < -0.39 is 0 Å². The molecule has 0 saturated heterocycles. The molecule has 2 aromatic rings. The van der Waals surface area contributed by atoms with E-state index in [4.69, 9.17) is 9.47 Å². The van der Waals surface area contributed by atoms with Gasteiger partial charge in [-0.3, -0.25) is 9.78 Å². The third-order valence-electron chi connectivity index (χ3n) is 3.35. The number of nitrogens with zero attached hydrogens (tertiary/aromatic N) is 1. The van der Waals surface area contributed by atoms with Gasteiger partial charge in [-0.15, -0.1) is 0 Å². The predicted octanol–water partition coefficient (Wildman–Crippen LogP) is 3.56. The molecule has 1 aromatic carbocycles. The zero-order valence-electron chi connectivity index (χ0n) is 13.0. The van der Waals surface area contributed by atoms with Crippen molar-refractivity contribution in [3.8, 4) is 11.5 Å². The van der Waals surface area contributed by atoms with E-state index in [1.807, 2.05) is 19.1 Å². The number of ether oxygens (including phenoxy) is 2. The largest absolute Gasteiger partial charge is 0.497 e. The molecule has 0 radical (unpaired) electrons. The van der Waals surface area contributed by atoms with Crippen LogP contribution in [-0.4, -0.2) is 25.0 Å². The highest BCUT2D eigenvalue weighted by atomic mass is 16.5. The minimum atomic E-state index is -0.0407. The minimum Gasteiger partial charge on any atom is -0.497 e. The zero-order valence-corrected chi connectivity index (χ0v) is 13.0. The van der Waals surface area contributed by atoms with Crippen molar-refractivity contribution in [1.29, 1.82) is 0 Å². The number of benzene rings is 1. The van der Waals surface area contributed by atoms with Crippen LogP contribution in [0.25, 0.3) is 6.08 Å². The summed E-state index contributed by atoms with van der Waals surface area (Å²) >= 11 is 0. The zero-order chi connectivity index (χ0) is 15.9. The maximum absolute atomic E-state index is 12.3. The average molecular weight is 297 g/mol. The molecule has 0 unspecified atom stereocenters. The van der Waals surface area contributed by atoms with E-state index in [9.17, 15) is 4.79 Å². The van der Waals surface area contributed by atoms with Gasteiger partial charge in [-0.1, -0.05) is 13.0 Å². The summed E-state index contributed by atoms with van der Waals surface area (Å²) in [5, 5.41) is 0. The van der Waals surface area contributed by atoms with Crippen LogP contribution >= 0.6 is 0 Å². The van der Waals surface area contributed by atoms with Crippen LogP contribution in [0.15, 0.2) is 42.7 Å². The van der Waals surface area contributed by atoms with Crippen LogP contribution in [0, 0.1) is 0 Å². The third kappa shape index (κ3) is 3.73. The summed E-state index contributed by atoms with van der Waals surface area (Å²) in [6.07, 6.45) is 7.45. The lowest BCUT2D eigenvalue weighted by atomic mass is 10.0. The van der Waals surface area contributed by atoms with Gasteiger partial charge in [0.1, 0.15) is 11.5 Å². The third-order valence-corrected chi connectivity index (χ3v) is 3.35. The lowest BCUT2D eigenvalue weighted by Crippen LogP contribution is -2.00. The van der Waals surface area contributed by atoms with Crippen LogP contribution in [0.4, 0.5) is 0 Å². The quantitative estimate of drug-likeness (QED) is 0.604. The Balaban J connectivity index is 2.26. The van der Waals surface area contributed by atoms with Gasteiger partial charge in [0.2, 0.25) is 0 Å². The molecule has 4 nitrogen and oxygen atoms in total. The number of aryl methyl sites for hydroxylation is 1. The van der Waals surface area contributed by atoms with Crippen LogP contribution in [0.1, 0.15) is 28.4 Å². The van der Waals surface area contributed by atoms with Crippen LogP contribution in [0.5, 0.6) is 11.5 Å². The molecule has 114 valence electrons. The normalized spacial score (nSPS) is 10.7. The maximum atomic E-state index is 12.3. The summed E-state index contributed by atoms with van der Waals surface area (Å²) < 4.78 is 10.4. The Morgan fingerprint density at radius 3 is 2.45 bits per heavy atom. The molecule has 0 spiro atoms. The molecule has 0 aliphatic carbocycles. The van der Waals surface area contributed by atoms with Crippen LogP contribution < -0.4 is 9.47 Å². The summed E-state index contributed by atoms with van der Waals surface area (Å²) in [5.74, 6) is 1.33. The second-order valence-electron chi connectivity index (χ2n) is 4.73. The maximum Gasteiger partial charge on any atom is 0.186 e. The first-order chi connectivity index (χ1) is 10.7. The fourth-order valence-corrected chi connectivity index (χ4v) is 2.14. The number of hydrogen-bond acceptors (Lipinski definition) is 4. The highest BCUT2D eigenvalue weighted by molar-refractivity contribution is 6.07. The molecule has 0 N–H and O–H groups in total. The highest BCUT2D eigenvalue weighted by Gasteiger charge is 2.07. The van der Waals surface area contributed by atoms with Crippen molar-refractivity contribution in [2.45, 2.75) is 13.3 Å². The van der Waals surface area contributed by atoms with Crippen molar-refractivity contribution in [3.05, 3.63) is 59.4 Å². The Kier molecular flexibility index (Phi) is 5.31. The van der Waals surface area contributed by atoms with E-state index in [1.54, 1.807) is 50.9 Å². The predicted molar refractivity (Wildman–Crippen MR) is 86.5 cm³/mol. The Bertz CT molecular complexity index is 670. The van der Waals surface area contributed by atoms with E-state index >= 15 is 0 Å². The first-order valence-electron chi connectivity index (χ1n) is 7.06. The van der Waals surface area contributed by atoms with Crippen molar-refractivity contribution >= 4 is 11.9 Å². The van der Waals surface area contributed by atoms with Crippen molar-refractivity contribution in [1.82, 2.24) is 4.98 Å². The van der Waals surface area contributed by atoms with E-state index in [-0.39, 0.29) is 5.78 Å². The van der Waals surface area contributed by atoms with Gasteiger partial charge in [0, 0.05) is 24.0 Å². The van der Waals surface area contributed by atoms with Gasteiger partial charge in [-0.05, 0) is 41.8 Å². The Hall–Kier alpha value is -2.62. The van der Waals surface area contributed by atoms with Gasteiger partial charge >= 0.3 is 0 Å². The molecule has 0 bridgehead atoms. The smallest absolute Gasteiger partial charge is 0.186 e. The number of pyridine rings is 1. The molecular weight excluding hydrogens is 278 g/mol. The Labute approximate surface area is 130 Å². The van der Waals surface area contributed by atoms with Crippen molar-refractivity contribution in [2.24, 2.45) is 0 Å². The number of carbonyl (C=O) groups is 1. The first-order valence-corrected chi connectivity index (χ1v) is 7.06. The summed E-state index contributed by atoms with van der Waals surface area (Å²) in [6.45, 7) is 2.00. The topological polar surface area (TPSA) is 48.4 Å². The average Bonchev–Trinajstić information content (AvgIpc) is 2.59. The number of allylic oxidation sites excluding steroid dienone is 1. The van der Waals surface area contributed by atoms with E-state index in [1.165, 1.54) is 0 Å². The van der Waals surface area contributed by atoms with E-state index in [2.05, 4.69) is 4.98 Å². The summed E-state index contributed by atoms with van der Waals surface area (Å²) in [5.41, 5.74) is 2.47. The molecule has 0 fully saturated rings. The fraction of sp³-hybridized carbons (Fsp3) is 0.222. The van der Waals surface area contributed by atoms with E-state index in [0.29, 0.717) is 17.1 Å². The molecule has 1 heterocycles. The van der Waals surface area contributed by atoms with Gasteiger partial charge in [0.15, 0.2) is 5.78 Å². The summed E-state index contributed by atoms with van der Waals surface area (Å²) in [4.78, 5) is 16.4. The lowest BCUT2D eigenvalue weighted by Gasteiger charge is -2.06. The standard InChI is InChI=1S/C18H19NO3/c1-4-14-12-19-8-7-17(14)18(20)6-5-13-9-15(21-2)11-16(10-13)22-3/h5-12H,4H2,1-3H3/b6-5+. The number of hydrogen-bond donors (Lipinski definition) is 0. The molecule has 1 aromatic heterocycles. The number of rotatable bonds is 6. The van der Waals surface area contributed by atoms with Gasteiger partial charge < -0.3 is 9.47 Å².